The van der Waals surface area contributed by atoms with Gasteiger partial charge in [0.05, 0.1) is 20.3 Å². The zero-order valence-corrected chi connectivity index (χ0v) is 14.6. The molecule has 0 aliphatic carbocycles. The summed E-state index contributed by atoms with van der Waals surface area (Å²) in [5.74, 6) is 1.72. The first kappa shape index (κ1) is 17.3. The van der Waals surface area contributed by atoms with Crippen LogP contribution < -0.4 is 14.8 Å². The Balaban J connectivity index is 1.98. The Hall–Kier alpha value is -2.01. The molecule has 0 atom stereocenters. The maximum absolute atomic E-state index is 12.2. The molecule has 0 aliphatic heterocycles. The van der Waals surface area contributed by atoms with E-state index in [9.17, 15) is 4.79 Å². The smallest absolute Gasteiger partial charge is 0.251 e. The summed E-state index contributed by atoms with van der Waals surface area (Å²) < 4.78 is 11.1. The lowest BCUT2D eigenvalue weighted by molar-refractivity contribution is 0.0951. The lowest BCUT2D eigenvalue weighted by atomic mass is 10.1. The average Bonchev–Trinajstić information content (AvgIpc) is 3.06. The number of methoxy groups -OCH3 is 1. The molecule has 2 aromatic rings. The molecular weight excluding hydrogens is 310 g/mol. The van der Waals surface area contributed by atoms with Crippen LogP contribution in [0.3, 0.4) is 0 Å². The molecule has 4 nitrogen and oxygen atoms in total. The minimum absolute atomic E-state index is 0.120. The summed E-state index contributed by atoms with van der Waals surface area (Å²) >= 11 is 1.62. The largest absolute Gasteiger partial charge is 0.493 e. The third-order valence-electron chi connectivity index (χ3n) is 3.38. The SMILES string of the molecule is COc1cc(C(=O)NCc2cccs2)ccc1OCCC(C)C. The van der Waals surface area contributed by atoms with E-state index in [1.165, 1.54) is 0 Å². The Morgan fingerprint density at radius 2 is 2.09 bits per heavy atom. The van der Waals surface area contributed by atoms with E-state index in [1.807, 2.05) is 17.5 Å². The number of hydrogen-bond acceptors (Lipinski definition) is 4. The van der Waals surface area contributed by atoms with Gasteiger partial charge in [-0.15, -0.1) is 11.3 Å². The van der Waals surface area contributed by atoms with Crippen LogP contribution in [0.5, 0.6) is 11.5 Å². The van der Waals surface area contributed by atoms with Crippen molar-refractivity contribution < 1.29 is 14.3 Å². The van der Waals surface area contributed by atoms with Crippen molar-refractivity contribution in [2.24, 2.45) is 5.92 Å². The molecule has 1 amide bonds. The maximum Gasteiger partial charge on any atom is 0.251 e. The number of nitrogens with one attached hydrogen (secondary N) is 1. The number of hydrogen-bond donors (Lipinski definition) is 1. The summed E-state index contributed by atoms with van der Waals surface area (Å²) in [7, 11) is 1.58. The summed E-state index contributed by atoms with van der Waals surface area (Å²) in [6, 6.07) is 9.24. The van der Waals surface area contributed by atoms with Gasteiger partial charge in [0, 0.05) is 10.4 Å². The van der Waals surface area contributed by atoms with Crippen LogP contribution >= 0.6 is 11.3 Å². The second-order valence-electron chi connectivity index (χ2n) is 5.66. The van der Waals surface area contributed by atoms with Crippen molar-refractivity contribution in [3.63, 3.8) is 0 Å². The molecule has 23 heavy (non-hydrogen) atoms. The molecule has 0 saturated carbocycles. The van der Waals surface area contributed by atoms with Crippen LogP contribution in [0.2, 0.25) is 0 Å². The number of thiophene rings is 1. The Kier molecular flexibility index (Phi) is 6.47. The molecule has 0 bridgehead atoms. The second kappa shape index (κ2) is 8.58. The quantitative estimate of drug-likeness (QED) is 0.791. The number of carbonyl (C=O) groups is 1. The molecule has 124 valence electrons. The molecule has 0 aliphatic rings. The number of carbonyl (C=O) groups excluding carboxylic acids is 1. The molecule has 2 rings (SSSR count). The highest BCUT2D eigenvalue weighted by atomic mass is 32.1. The van der Waals surface area contributed by atoms with Crippen molar-refractivity contribution >= 4 is 17.2 Å². The van der Waals surface area contributed by atoms with Gasteiger partial charge in [-0.2, -0.15) is 0 Å². The topological polar surface area (TPSA) is 47.6 Å². The van der Waals surface area contributed by atoms with Crippen LogP contribution in [0.4, 0.5) is 0 Å². The monoisotopic (exact) mass is 333 g/mol. The van der Waals surface area contributed by atoms with Crippen molar-refractivity contribution in [1.82, 2.24) is 5.32 Å². The normalized spacial score (nSPS) is 10.6. The van der Waals surface area contributed by atoms with E-state index < -0.39 is 0 Å². The molecule has 0 saturated heterocycles. The van der Waals surface area contributed by atoms with Gasteiger partial charge in [0.25, 0.3) is 5.91 Å². The van der Waals surface area contributed by atoms with Gasteiger partial charge in [0.1, 0.15) is 0 Å². The van der Waals surface area contributed by atoms with Crippen LogP contribution in [-0.4, -0.2) is 19.6 Å². The van der Waals surface area contributed by atoms with Gasteiger partial charge in [0.15, 0.2) is 11.5 Å². The predicted octanol–water partition coefficient (Wildman–Crippen LogP) is 4.11. The van der Waals surface area contributed by atoms with Crippen molar-refractivity contribution in [3.05, 3.63) is 46.2 Å². The van der Waals surface area contributed by atoms with E-state index in [-0.39, 0.29) is 5.91 Å². The fourth-order valence-corrected chi connectivity index (χ4v) is 2.66. The summed E-state index contributed by atoms with van der Waals surface area (Å²) in [6.07, 6.45) is 0.978. The predicted molar refractivity (Wildman–Crippen MR) is 93.4 cm³/mol. The van der Waals surface area contributed by atoms with E-state index in [4.69, 9.17) is 9.47 Å². The fraction of sp³-hybridized carbons (Fsp3) is 0.389. The molecule has 1 heterocycles. The molecule has 0 spiro atoms. The van der Waals surface area contributed by atoms with Gasteiger partial charge in [-0.05, 0) is 42.0 Å². The van der Waals surface area contributed by atoms with Crippen LogP contribution in [0.1, 0.15) is 35.5 Å². The van der Waals surface area contributed by atoms with Gasteiger partial charge in [0.2, 0.25) is 0 Å². The first-order valence-electron chi connectivity index (χ1n) is 7.71. The van der Waals surface area contributed by atoms with Crippen molar-refractivity contribution in [3.8, 4) is 11.5 Å². The minimum Gasteiger partial charge on any atom is -0.493 e. The third kappa shape index (κ3) is 5.28. The first-order valence-corrected chi connectivity index (χ1v) is 8.59. The summed E-state index contributed by atoms with van der Waals surface area (Å²) in [4.78, 5) is 13.3. The number of benzene rings is 1. The molecule has 1 aromatic carbocycles. The van der Waals surface area contributed by atoms with Crippen LogP contribution in [0, 0.1) is 5.92 Å². The van der Waals surface area contributed by atoms with E-state index in [0.29, 0.717) is 36.1 Å². The highest BCUT2D eigenvalue weighted by Gasteiger charge is 2.11. The van der Waals surface area contributed by atoms with Gasteiger partial charge in [-0.3, -0.25) is 4.79 Å². The van der Waals surface area contributed by atoms with Gasteiger partial charge in [-0.1, -0.05) is 19.9 Å². The van der Waals surface area contributed by atoms with E-state index in [0.717, 1.165) is 11.3 Å². The van der Waals surface area contributed by atoms with Crippen molar-refractivity contribution in [2.75, 3.05) is 13.7 Å². The van der Waals surface area contributed by atoms with E-state index >= 15 is 0 Å². The molecule has 0 unspecified atom stereocenters. The Bertz CT molecular complexity index is 623. The Labute approximate surface area is 141 Å². The van der Waals surface area contributed by atoms with Gasteiger partial charge in [-0.25, -0.2) is 0 Å². The zero-order chi connectivity index (χ0) is 16.7. The van der Waals surface area contributed by atoms with Gasteiger partial charge >= 0.3 is 0 Å². The summed E-state index contributed by atoms with van der Waals surface area (Å²) in [5, 5.41) is 4.90. The number of ether oxygens (including phenoxy) is 2. The van der Waals surface area contributed by atoms with E-state index in [1.54, 1.807) is 36.6 Å². The average molecular weight is 333 g/mol. The molecule has 1 aromatic heterocycles. The standard InChI is InChI=1S/C18H23NO3S/c1-13(2)8-9-22-16-7-6-14(11-17(16)21-3)18(20)19-12-15-5-4-10-23-15/h4-7,10-11,13H,8-9,12H2,1-3H3,(H,19,20). The summed E-state index contributed by atoms with van der Waals surface area (Å²) in [5.41, 5.74) is 0.564. The minimum atomic E-state index is -0.120. The van der Waals surface area contributed by atoms with Gasteiger partial charge < -0.3 is 14.8 Å². The molecule has 5 heteroatoms. The highest BCUT2D eigenvalue weighted by molar-refractivity contribution is 7.09. The Morgan fingerprint density at radius 3 is 2.74 bits per heavy atom. The maximum atomic E-state index is 12.2. The van der Waals surface area contributed by atoms with E-state index in [2.05, 4.69) is 19.2 Å². The van der Waals surface area contributed by atoms with Crippen molar-refractivity contribution in [2.45, 2.75) is 26.8 Å². The lowest BCUT2D eigenvalue weighted by Crippen LogP contribution is -2.22. The Morgan fingerprint density at radius 1 is 1.26 bits per heavy atom. The number of amides is 1. The molecule has 0 radical (unpaired) electrons. The molecule has 0 fully saturated rings. The van der Waals surface area contributed by atoms with Crippen LogP contribution in [0.25, 0.3) is 0 Å². The highest BCUT2D eigenvalue weighted by Crippen LogP contribution is 2.28. The van der Waals surface area contributed by atoms with Crippen molar-refractivity contribution in [1.29, 1.82) is 0 Å². The second-order valence-corrected chi connectivity index (χ2v) is 6.69. The molecular formula is C18H23NO3S. The van der Waals surface area contributed by atoms with Crippen LogP contribution in [-0.2, 0) is 6.54 Å². The third-order valence-corrected chi connectivity index (χ3v) is 4.26. The summed E-state index contributed by atoms with van der Waals surface area (Å²) in [6.45, 7) is 5.48. The first-order chi connectivity index (χ1) is 11.1. The zero-order valence-electron chi connectivity index (χ0n) is 13.8. The lowest BCUT2D eigenvalue weighted by Gasteiger charge is -2.13. The fourth-order valence-electron chi connectivity index (χ4n) is 2.02. The molecule has 1 N–H and O–H groups in total. The number of rotatable bonds is 8. The van der Waals surface area contributed by atoms with Crippen LogP contribution in [0.15, 0.2) is 35.7 Å².